The van der Waals surface area contributed by atoms with Gasteiger partial charge >= 0.3 is 5.97 Å². The van der Waals surface area contributed by atoms with Crippen LogP contribution in [0.15, 0.2) is 16.5 Å². The predicted octanol–water partition coefficient (Wildman–Crippen LogP) is 0.650. The fourth-order valence-electron chi connectivity index (χ4n) is 2.37. The molecule has 6 nitrogen and oxygen atoms in total. The molecule has 2 atom stereocenters. The van der Waals surface area contributed by atoms with Crippen LogP contribution in [0, 0.1) is 11.3 Å². The minimum Gasteiger partial charge on any atom is -0.468 e. The van der Waals surface area contributed by atoms with Crippen LogP contribution < -0.4 is 0 Å². The smallest absolute Gasteiger partial charge is 0.325 e. The van der Waals surface area contributed by atoms with Crippen molar-refractivity contribution in [3.63, 3.8) is 0 Å². The molecule has 102 valence electrons. The summed E-state index contributed by atoms with van der Waals surface area (Å²) < 4.78 is 10.0. The number of likely N-dealkylation sites (tertiary alicyclic amines) is 1. The average molecular weight is 264 g/mol. The minimum absolute atomic E-state index is 0.238. The van der Waals surface area contributed by atoms with Crippen molar-refractivity contribution in [2.75, 3.05) is 13.7 Å². The van der Waals surface area contributed by atoms with Gasteiger partial charge in [0.25, 0.3) is 0 Å². The molecule has 0 bridgehead atoms. The van der Waals surface area contributed by atoms with Gasteiger partial charge in [0.2, 0.25) is 5.76 Å². The van der Waals surface area contributed by atoms with E-state index in [9.17, 15) is 9.90 Å². The molecule has 1 N–H and O–H groups in total. The number of furan rings is 1. The lowest BCUT2D eigenvalue weighted by Crippen LogP contribution is -2.52. The van der Waals surface area contributed by atoms with Crippen molar-refractivity contribution in [3.8, 4) is 6.07 Å². The standard InChI is InChI=1S/C13H16N2O4/c1-18-13(17)12-11(16)3-2-6-15(12)8-10-5-4-9(7-14)19-10/h4-5,11-12,16H,2-3,6,8H2,1H3/t11-,12+/m1/s1. The summed E-state index contributed by atoms with van der Waals surface area (Å²) in [5, 5.41) is 18.7. The monoisotopic (exact) mass is 264 g/mol. The fourth-order valence-corrected chi connectivity index (χ4v) is 2.37. The Morgan fingerprint density at radius 3 is 3.11 bits per heavy atom. The van der Waals surface area contributed by atoms with Gasteiger partial charge in [0.1, 0.15) is 17.9 Å². The van der Waals surface area contributed by atoms with Crippen LogP contribution >= 0.6 is 0 Å². The first-order chi connectivity index (χ1) is 9.15. The predicted molar refractivity (Wildman–Crippen MR) is 64.9 cm³/mol. The molecular formula is C13H16N2O4. The molecule has 0 amide bonds. The van der Waals surface area contributed by atoms with Crippen molar-refractivity contribution >= 4 is 5.97 Å². The van der Waals surface area contributed by atoms with E-state index in [2.05, 4.69) is 0 Å². The Morgan fingerprint density at radius 2 is 2.47 bits per heavy atom. The number of nitriles is 1. The molecule has 1 aromatic heterocycles. The number of piperidine rings is 1. The second-order valence-corrected chi connectivity index (χ2v) is 4.53. The highest BCUT2D eigenvalue weighted by atomic mass is 16.5. The van der Waals surface area contributed by atoms with Gasteiger partial charge in [-0.25, -0.2) is 0 Å². The van der Waals surface area contributed by atoms with E-state index in [0.29, 0.717) is 25.3 Å². The van der Waals surface area contributed by atoms with Crippen LogP contribution in [-0.4, -0.2) is 41.8 Å². The molecule has 0 spiro atoms. The molecule has 1 aliphatic heterocycles. The van der Waals surface area contributed by atoms with Crippen molar-refractivity contribution < 1.29 is 19.1 Å². The van der Waals surface area contributed by atoms with Crippen LogP contribution in [0.4, 0.5) is 0 Å². The summed E-state index contributed by atoms with van der Waals surface area (Å²) in [5.74, 6) is 0.390. The number of hydrogen-bond donors (Lipinski definition) is 1. The van der Waals surface area contributed by atoms with Crippen molar-refractivity contribution in [2.24, 2.45) is 0 Å². The first-order valence-corrected chi connectivity index (χ1v) is 6.14. The van der Waals surface area contributed by atoms with E-state index in [0.717, 1.165) is 6.42 Å². The zero-order valence-electron chi connectivity index (χ0n) is 10.7. The van der Waals surface area contributed by atoms with Crippen molar-refractivity contribution in [1.82, 2.24) is 4.90 Å². The molecule has 0 unspecified atom stereocenters. The van der Waals surface area contributed by atoms with Gasteiger partial charge in [-0.05, 0) is 31.5 Å². The summed E-state index contributed by atoms with van der Waals surface area (Å²) in [7, 11) is 1.31. The Hall–Kier alpha value is -1.84. The first-order valence-electron chi connectivity index (χ1n) is 6.14. The summed E-state index contributed by atoms with van der Waals surface area (Å²) in [5.41, 5.74) is 0. The summed E-state index contributed by atoms with van der Waals surface area (Å²) in [6.07, 6.45) is 0.657. The van der Waals surface area contributed by atoms with Gasteiger partial charge in [0.15, 0.2) is 0 Å². The molecule has 1 fully saturated rings. The minimum atomic E-state index is -0.730. The van der Waals surface area contributed by atoms with Gasteiger partial charge in [-0.3, -0.25) is 9.69 Å². The Kier molecular flexibility index (Phi) is 4.20. The lowest BCUT2D eigenvalue weighted by atomic mass is 9.99. The quantitative estimate of drug-likeness (QED) is 0.807. The third-order valence-corrected chi connectivity index (χ3v) is 3.28. The zero-order chi connectivity index (χ0) is 13.8. The van der Waals surface area contributed by atoms with E-state index in [1.54, 1.807) is 12.1 Å². The molecule has 1 aromatic rings. The van der Waals surface area contributed by atoms with E-state index >= 15 is 0 Å². The van der Waals surface area contributed by atoms with Crippen molar-refractivity contribution in [3.05, 3.63) is 23.7 Å². The molecule has 1 saturated heterocycles. The molecule has 0 aromatic carbocycles. The van der Waals surface area contributed by atoms with Crippen LogP contribution in [0.1, 0.15) is 24.4 Å². The number of ether oxygens (including phenoxy) is 1. The summed E-state index contributed by atoms with van der Waals surface area (Å²) in [4.78, 5) is 13.6. The Balaban J connectivity index is 2.11. The molecule has 2 rings (SSSR count). The fraction of sp³-hybridized carbons (Fsp3) is 0.538. The number of nitrogens with zero attached hydrogens (tertiary/aromatic N) is 2. The molecule has 2 heterocycles. The molecule has 6 heteroatoms. The first kappa shape index (κ1) is 13.6. The van der Waals surface area contributed by atoms with Crippen LogP contribution in [0.3, 0.4) is 0 Å². The number of aliphatic hydroxyl groups is 1. The maximum Gasteiger partial charge on any atom is 0.325 e. The van der Waals surface area contributed by atoms with Crippen molar-refractivity contribution in [2.45, 2.75) is 31.5 Å². The van der Waals surface area contributed by atoms with Crippen LogP contribution in [0.25, 0.3) is 0 Å². The molecule has 0 saturated carbocycles. The van der Waals surface area contributed by atoms with E-state index in [-0.39, 0.29) is 5.76 Å². The molecule has 1 aliphatic rings. The van der Waals surface area contributed by atoms with Crippen LogP contribution in [0.5, 0.6) is 0 Å². The number of aliphatic hydroxyl groups excluding tert-OH is 1. The normalized spacial score (nSPS) is 23.8. The third-order valence-electron chi connectivity index (χ3n) is 3.28. The van der Waals surface area contributed by atoms with E-state index in [4.69, 9.17) is 14.4 Å². The lowest BCUT2D eigenvalue weighted by molar-refractivity contribution is -0.154. The molecular weight excluding hydrogens is 248 g/mol. The lowest BCUT2D eigenvalue weighted by Gasteiger charge is -2.36. The highest BCUT2D eigenvalue weighted by molar-refractivity contribution is 5.76. The van der Waals surface area contributed by atoms with E-state index in [1.165, 1.54) is 7.11 Å². The second kappa shape index (κ2) is 5.87. The van der Waals surface area contributed by atoms with E-state index < -0.39 is 18.1 Å². The van der Waals surface area contributed by atoms with Gasteiger partial charge < -0.3 is 14.3 Å². The number of carbonyl (C=O) groups excluding carboxylic acids is 1. The Morgan fingerprint density at radius 1 is 1.68 bits per heavy atom. The number of hydrogen-bond acceptors (Lipinski definition) is 6. The zero-order valence-corrected chi connectivity index (χ0v) is 10.7. The summed E-state index contributed by atoms with van der Waals surface area (Å²) in [6, 6.07) is 4.53. The SMILES string of the molecule is COC(=O)[C@@H]1[C@H](O)CCCN1Cc1ccc(C#N)o1. The highest BCUT2D eigenvalue weighted by Crippen LogP contribution is 2.22. The third kappa shape index (κ3) is 2.95. The van der Waals surface area contributed by atoms with Gasteiger partial charge in [-0.2, -0.15) is 5.26 Å². The maximum absolute atomic E-state index is 11.7. The summed E-state index contributed by atoms with van der Waals surface area (Å²) >= 11 is 0. The van der Waals surface area contributed by atoms with Crippen LogP contribution in [0.2, 0.25) is 0 Å². The number of carbonyl (C=O) groups is 1. The van der Waals surface area contributed by atoms with Gasteiger partial charge in [-0.1, -0.05) is 0 Å². The number of methoxy groups -OCH3 is 1. The molecule has 0 radical (unpaired) electrons. The topological polar surface area (TPSA) is 86.7 Å². The van der Waals surface area contributed by atoms with Gasteiger partial charge in [-0.15, -0.1) is 0 Å². The van der Waals surface area contributed by atoms with E-state index in [1.807, 2.05) is 11.0 Å². The van der Waals surface area contributed by atoms with Gasteiger partial charge in [0.05, 0.1) is 19.8 Å². The second-order valence-electron chi connectivity index (χ2n) is 4.53. The Labute approximate surface area is 111 Å². The number of esters is 1. The highest BCUT2D eigenvalue weighted by Gasteiger charge is 2.36. The average Bonchev–Trinajstić information content (AvgIpc) is 2.86. The van der Waals surface area contributed by atoms with Gasteiger partial charge in [0, 0.05) is 0 Å². The van der Waals surface area contributed by atoms with Crippen LogP contribution in [-0.2, 0) is 16.1 Å². The molecule has 19 heavy (non-hydrogen) atoms. The Bertz CT molecular complexity index is 491. The van der Waals surface area contributed by atoms with Crippen molar-refractivity contribution in [1.29, 1.82) is 5.26 Å². The summed E-state index contributed by atoms with van der Waals surface area (Å²) in [6.45, 7) is 1.05. The number of rotatable bonds is 3. The maximum atomic E-state index is 11.7. The largest absolute Gasteiger partial charge is 0.468 e. The molecule has 0 aliphatic carbocycles.